The number of carbonyl (C=O) groups is 1. The van der Waals surface area contributed by atoms with Crippen LogP contribution in [0, 0.1) is 13.8 Å². The summed E-state index contributed by atoms with van der Waals surface area (Å²) in [7, 11) is 0. The Morgan fingerprint density at radius 2 is 2.12 bits per heavy atom. The van der Waals surface area contributed by atoms with E-state index in [1.165, 1.54) is 0 Å². The summed E-state index contributed by atoms with van der Waals surface area (Å²) in [6, 6.07) is 7.53. The van der Waals surface area contributed by atoms with Gasteiger partial charge in [-0.3, -0.25) is 4.68 Å². The summed E-state index contributed by atoms with van der Waals surface area (Å²) < 4.78 is 1.85. The standard InChI is InChI=1S/C18H24N4O2/c1-4-22-13(3)16(12(2)21-22)20-17(23)19-11-18(24)10-9-14-7-5-6-8-15(14)18/h5-8,24H,4,9-11H2,1-3H3,(H2,19,20,23). The minimum absolute atomic E-state index is 0.190. The number of nitrogens with zero attached hydrogens (tertiary/aromatic N) is 2. The number of hydrogen-bond acceptors (Lipinski definition) is 3. The molecule has 1 heterocycles. The van der Waals surface area contributed by atoms with Crippen LogP contribution < -0.4 is 10.6 Å². The van der Waals surface area contributed by atoms with Gasteiger partial charge >= 0.3 is 6.03 Å². The zero-order valence-corrected chi connectivity index (χ0v) is 14.4. The number of rotatable bonds is 4. The molecular weight excluding hydrogens is 304 g/mol. The van der Waals surface area contributed by atoms with E-state index in [1.54, 1.807) is 0 Å². The number of nitrogens with one attached hydrogen (secondary N) is 2. The molecule has 6 nitrogen and oxygen atoms in total. The predicted octanol–water partition coefficient (Wildman–Crippen LogP) is 2.48. The van der Waals surface area contributed by atoms with Gasteiger partial charge in [0.2, 0.25) is 0 Å². The van der Waals surface area contributed by atoms with Crippen LogP contribution in [0.2, 0.25) is 0 Å². The zero-order valence-electron chi connectivity index (χ0n) is 14.4. The Balaban J connectivity index is 1.66. The molecule has 0 bridgehead atoms. The summed E-state index contributed by atoms with van der Waals surface area (Å²) in [5.74, 6) is 0. The van der Waals surface area contributed by atoms with Gasteiger partial charge in [-0.1, -0.05) is 24.3 Å². The van der Waals surface area contributed by atoms with Gasteiger partial charge in [0, 0.05) is 6.54 Å². The van der Waals surface area contributed by atoms with Crippen molar-refractivity contribution in [2.75, 3.05) is 11.9 Å². The van der Waals surface area contributed by atoms with Crippen molar-refractivity contribution in [2.24, 2.45) is 0 Å². The molecule has 0 fully saturated rings. The molecule has 1 atom stereocenters. The van der Waals surface area contributed by atoms with Crippen LogP contribution in [0.25, 0.3) is 0 Å². The molecule has 1 aromatic heterocycles. The molecule has 1 aliphatic rings. The van der Waals surface area contributed by atoms with Crippen molar-refractivity contribution in [1.29, 1.82) is 0 Å². The van der Waals surface area contributed by atoms with Crippen LogP contribution in [0.5, 0.6) is 0 Å². The van der Waals surface area contributed by atoms with Gasteiger partial charge in [-0.25, -0.2) is 4.79 Å². The second-order valence-corrected chi connectivity index (χ2v) is 6.36. The van der Waals surface area contributed by atoms with Crippen LogP contribution in [0.1, 0.15) is 35.9 Å². The second kappa shape index (κ2) is 6.28. The number of benzene rings is 1. The summed E-state index contributed by atoms with van der Waals surface area (Å²) >= 11 is 0. The van der Waals surface area contributed by atoms with E-state index in [1.807, 2.05) is 49.7 Å². The van der Waals surface area contributed by atoms with E-state index in [2.05, 4.69) is 15.7 Å². The minimum Gasteiger partial charge on any atom is -0.383 e. The molecule has 1 aromatic carbocycles. The normalized spacial score (nSPS) is 19.2. The first-order chi connectivity index (χ1) is 11.4. The molecule has 1 unspecified atom stereocenters. The fourth-order valence-electron chi connectivity index (χ4n) is 3.42. The van der Waals surface area contributed by atoms with Gasteiger partial charge in [0.05, 0.1) is 23.6 Å². The molecule has 0 spiro atoms. The lowest BCUT2D eigenvalue weighted by molar-refractivity contribution is 0.0417. The molecule has 0 saturated heterocycles. The Labute approximate surface area is 141 Å². The first kappa shape index (κ1) is 16.5. The monoisotopic (exact) mass is 328 g/mol. The number of aliphatic hydroxyl groups is 1. The highest BCUT2D eigenvalue weighted by Gasteiger charge is 2.36. The Morgan fingerprint density at radius 3 is 2.83 bits per heavy atom. The Bertz CT molecular complexity index is 768. The van der Waals surface area contributed by atoms with Gasteiger partial charge in [-0.05, 0) is 44.7 Å². The van der Waals surface area contributed by atoms with Crippen molar-refractivity contribution in [3.8, 4) is 0 Å². The van der Waals surface area contributed by atoms with Gasteiger partial charge in [0.25, 0.3) is 0 Å². The lowest BCUT2D eigenvalue weighted by Gasteiger charge is -2.24. The first-order valence-corrected chi connectivity index (χ1v) is 8.34. The summed E-state index contributed by atoms with van der Waals surface area (Å²) in [5.41, 5.74) is 3.51. The Hall–Kier alpha value is -2.34. The summed E-state index contributed by atoms with van der Waals surface area (Å²) in [5, 5.41) is 20.9. The number of hydrogen-bond donors (Lipinski definition) is 3. The number of fused-ring (bicyclic) bond motifs is 1. The molecule has 2 amide bonds. The molecule has 0 aliphatic heterocycles. The Morgan fingerprint density at radius 1 is 1.38 bits per heavy atom. The van der Waals surface area contributed by atoms with E-state index in [0.29, 0.717) is 6.42 Å². The largest absolute Gasteiger partial charge is 0.383 e. The topological polar surface area (TPSA) is 79.2 Å². The van der Waals surface area contributed by atoms with E-state index < -0.39 is 5.60 Å². The third kappa shape index (κ3) is 2.89. The summed E-state index contributed by atoms with van der Waals surface area (Å²) in [6.45, 7) is 6.76. The molecule has 1 aliphatic carbocycles. The van der Waals surface area contributed by atoms with E-state index in [-0.39, 0.29) is 12.6 Å². The van der Waals surface area contributed by atoms with Crippen LogP contribution in [0.15, 0.2) is 24.3 Å². The van der Waals surface area contributed by atoms with Crippen LogP contribution >= 0.6 is 0 Å². The van der Waals surface area contributed by atoms with Crippen molar-refractivity contribution < 1.29 is 9.90 Å². The maximum atomic E-state index is 12.3. The van der Waals surface area contributed by atoms with Gasteiger partial charge < -0.3 is 15.7 Å². The van der Waals surface area contributed by atoms with Gasteiger partial charge in [-0.2, -0.15) is 5.10 Å². The third-order valence-electron chi connectivity index (χ3n) is 4.79. The molecule has 0 radical (unpaired) electrons. The highest BCUT2D eigenvalue weighted by Crippen LogP contribution is 2.36. The number of urea groups is 1. The van der Waals surface area contributed by atoms with Crippen molar-refractivity contribution >= 4 is 11.7 Å². The fraction of sp³-hybridized carbons (Fsp3) is 0.444. The fourth-order valence-corrected chi connectivity index (χ4v) is 3.42. The van der Waals surface area contributed by atoms with Crippen molar-refractivity contribution in [3.63, 3.8) is 0 Å². The van der Waals surface area contributed by atoms with Crippen LogP contribution in [0.3, 0.4) is 0 Å². The maximum absolute atomic E-state index is 12.3. The molecule has 3 N–H and O–H groups in total. The molecule has 2 aromatic rings. The first-order valence-electron chi connectivity index (χ1n) is 8.34. The third-order valence-corrected chi connectivity index (χ3v) is 4.79. The lowest BCUT2D eigenvalue weighted by Crippen LogP contribution is -2.41. The lowest BCUT2D eigenvalue weighted by atomic mass is 9.96. The van der Waals surface area contributed by atoms with Gasteiger partial charge in [0.1, 0.15) is 5.60 Å². The average molecular weight is 328 g/mol. The van der Waals surface area contributed by atoms with E-state index >= 15 is 0 Å². The van der Waals surface area contributed by atoms with Crippen molar-refractivity contribution in [2.45, 2.75) is 45.8 Å². The van der Waals surface area contributed by atoms with E-state index in [9.17, 15) is 9.90 Å². The summed E-state index contributed by atoms with van der Waals surface area (Å²) in [6.07, 6.45) is 1.45. The molecule has 0 saturated carbocycles. The second-order valence-electron chi connectivity index (χ2n) is 6.36. The summed E-state index contributed by atoms with van der Waals surface area (Å²) in [4.78, 5) is 12.3. The highest BCUT2D eigenvalue weighted by atomic mass is 16.3. The molecule has 24 heavy (non-hydrogen) atoms. The number of carbonyl (C=O) groups excluding carboxylic acids is 1. The van der Waals surface area contributed by atoms with Crippen molar-refractivity contribution in [3.05, 3.63) is 46.8 Å². The molecule has 3 rings (SSSR count). The average Bonchev–Trinajstić information content (AvgIpc) is 3.06. The number of aromatic nitrogens is 2. The number of amides is 2. The minimum atomic E-state index is -0.994. The molecule has 6 heteroatoms. The maximum Gasteiger partial charge on any atom is 0.319 e. The van der Waals surface area contributed by atoms with Gasteiger partial charge in [-0.15, -0.1) is 0 Å². The SMILES string of the molecule is CCn1nc(C)c(NC(=O)NCC2(O)CCc3ccccc32)c1C. The van der Waals surface area contributed by atoms with Crippen LogP contribution in [-0.4, -0.2) is 27.5 Å². The predicted molar refractivity (Wildman–Crippen MR) is 93.1 cm³/mol. The zero-order chi connectivity index (χ0) is 17.3. The molecule has 128 valence electrons. The van der Waals surface area contributed by atoms with E-state index in [4.69, 9.17) is 0 Å². The van der Waals surface area contributed by atoms with Crippen molar-refractivity contribution in [1.82, 2.24) is 15.1 Å². The number of anilines is 1. The van der Waals surface area contributed by atoms with Crippen LogP contribution in [-0.2, 0) is 18.6 Å². The Kier molecular flexibility index (Phi) is 4.32. The highest BCUT2D eigenvalue weighted by molar-refractivity contribution is 5.90. The van der Waals surface area contributed by atoms with Gasteiger partial charge in [0.15, 0.2) is 0 Å². The van der Waals surface area contributed by atoms with Crippen LogP contribution in [0.4, 0.5) is 10.5 Å². The quantitative estimate of drug-likeness (QED) is 0.807. The van der Waals surface area contributed by atoms with E-state index in [0.717, 1.165) is 41.2 Å². The molecular formula is C18H24N4O2. The smallest absolute Gasteiger partial charge is 0.319 e. The number of aryl methyl sites for hydroxylation is 3.